The number of hydrogen-bond donors (Lipinski definition) is 1. The van der Waals surface area contributed by atoms with Crippen LogP contribution in [0.5, 0.6) is 0 Å². The number of anilines is 1. The van der Waals surface area contributed by atoms with E-state index in [1.165, 1.54) is 4.90 Å². The Balaban J connectivity index is 1.68. The summed E-state index contributed by atoms with van der Waals surface area (Å²) in [7, 11) is 0. The second-order valence-electron chi connectivity index (χ2n) is 7.11. The Kier molecular flexibility index (Phi) is 5.73. The van der Waals surface area contributed by atoms with Gasteiger partial charge >= 0.3 is 0 Å². The molecule has 0 fully saturated rings. The number of carbonyl (C=O) groups is 2. The predicted molar refractivity (Wildman–Crippen MR) is 121 cm³/mol. The van der Waals surface area contributed by atoms with Crippen molar-refractivity contribution in [3.8, 4) is 0 Å². The molecule has 1 aliphatic rings. The third kappa shape index (κ3) is 3.79. The van der Waals surface area contributed by atoms with Gasteiger partial charge in [-0.3, -0.25) is 9.59 Å². The minimum atomic E-state index is -1.94. The van der Waals surface area contributed by atoms with Crippen molar-refractivity contribution in [3.05, 3.63) is 97.9 Å². The normalized spacial score (nSPS) is 17.9. The van der Waals surface area contributed by atoms with E-state index in [9.17, 15) is 14.7 Å². The number of benzene rings is 3. The zero-order valence-electron chi connectivity index (χ0n) is 15.6. The standard InChI is InChI=1S/C23H16BrCl2NO3/c24-16-8-5-14(6-9-16)21(28)12-23(30)18-3-1-2-4-20(18)27(22(23)29)13-15-7-10-17(25)11-19(15)26/h1-11,30H,12-13H2. The lowest BCUT2D eigenvalue weighted by Gasteiger charge is -2.23. The third-order valence-corrected chi connectivity index (χ3v) is 6.28. The number of fused-ring (bicyclic) bond motifs is 1. The van der Waals surface area contributed by atoms with Gasteiger partial charge < -0.3 is 10.0 Å². The highest BCUT2D eigenvalue weighted by atomic mass is 79.9. The maximum atomic E-state index is 13.3. The molecule has 0 saturated heterocycles. The van der Waals surface area contributed by atoms with Gasteiger partial charge in [-0.2, -0.15) is 0 Å². The summed E-state index contributed by atoms with van der Waals surface area (Å²) in [5.41, 5.74) is 0.133. The molecule has 0 saturated carbocycles. The molecule has 1 N–H and O–H groups in total. The summed E-state index contributed by atoms with van der Waals surface area (Å²) in [6, 6.07) is 18.8. The number of amides is 1. The van der Waals surface area contributed by atoms with Crippen LogP contribution in [0.15, 0.2) is 71.2 Å². The van der Waals surface area contributed by atoms with Crippen LogP contribution in [0.2, 0.25) is 10.0 Å². The molecule has 0 bridgehead atoms. The highest BCUT2D eigenvalue weighted by molar-refractivity contribution is 9.10. The average Bonchev–Trinajstić information content (AvgIpc) is 2.92. The SMILES string of the molecule is O=C(CC1(O)C(=O)N(Cc2ccc(Cl)cc2Cl)c2ccccc21)c1ccc(Br)cc1. The van der Waals surface area contributed by atoms with Crippen molar-refractivity contribution < 1.29 is 14.7 Å². The number of aliphatic hydroxyl groups is 1. The molecular weight excluding hydrogens is 489 g/mol. The van der Waals surface area contributed by atoms with E-state index in [-0.39, 0.29) is 18.7 Å². The van der Waals surface area contributed by atoms with E-state index in [0.717, 1.165) is 4.47 Å². The van der Waals surface area contributed by atoms with Gasteiger partial charge in [-0.1, -0.05) is 75.5 Å². The van der Waals surface area contributed by atoms with E-state index < -0.39 is 11.5 Å². The van der Waals surface area contributed by atoms with Crippen LogP contribution >= 0.6 is 39.1 Å². The van der Waals surface area contributed by atoms with Crippen molar-refractivity contribution in [1.29, 1.82) is 0 Å². The fourth-order valence-corrected chi connectivity index (χ4v) is 4.36. The van der Waals surface area contributed by atoms with Gasteiger partial charge in [-0.15, -0.1) is 0 Å². The number of rotatable bonds is 5. The molecule has 1 atom stereocenters. The van der Waals surface area contributed by atoms with Gasteiger partial charge in [0.1, 0.15) is 0 Å². The summed E-state index contributed by atoms with van der Waals surface area (Å²) in [6.45, 7) is 0.153. The molecular formula is C23H16BrCl2NO3. The third-order valence-electron chi connectivity index (χ3n) is 5.17. The highest BCUT2D eigenvalue weighted by Gasteiger charge is 2.50. The van der Waals surface area contributed by atoms with Crippen LogP contribution < -0.4 is 4.90 Å². The monoisotopic (exact) mass is 503 g/mol. The number of carbonyl (C=O) groups excluding carboxylic acids is 2. The lowest BCUT2D eigenvalue weighted by molar-refractivity contribution is -0.136. The van der Waals surface area contributed by atoms with Gasteiger partial charge in [0.15, 0.2) is 11.4 Å². The fraction of sp³-hybridized carbons (Fsp3) is 0.130. The van der Waals surface area contributed by atoms with Crippen molar-refractivity contribution >= 4 is 56.5 Å². The van der Waals surface area contributed by atoms with E-state index in [2.05, 4.69) is 15.9 Å². The summed E-state index contributed by atoms with van der Waals surface area (Å²) in [6.07, 6.45) is -0.352. The van der Waals surface area contributed by atoms with Crippen LogP contribution in [0.25, 0.3) is 0 Å². The van der Waals surface area contributed by atoms with E-state index in [4.69, 9.17) is 23.2 Å². The molecule has 1 aliphatic heterocycles. The summed E-state index contributed by atoms with van der Waals surface area (Å²) in [5.74, 6) is -0.875. The number of hydrogen-bond acceptors (Lipinski definition) is 3. The lowest BCUT2D eigenvalue weighted by atomic mass is 9.88. The lowest BCUT2D eigenvalue weighted by Crippen LogP contribution is -2.41. The van der Waals surface area contributed by atoms with Crippen molar-refractivity contribution in [1.82, 2.24) is 0 Å². The Morgan fingerprint density at radius 2 is 1.73 bits per heavy atom. The van der Waals surface area contributed by atoms with Gasteiger partial charge in [0.2, 0.25) is 0 Å². The van der Waals surface area contributed by atoms with Crippen LogP contribution in [0.3, 0.4) is 0 Å². The number of halogens is 3. The van der Waals surface area contributed by atoms with Gasteiger partial charge in [0.05, 0.1) is 18.7 Å². The maximum Gasteiger partial charge on any atom is 0.264 e. The molecule has 1 heterocycles. The number of Topliss-reactive ketones (excluding diaryl/α,β-unsaturated/α-hetero) is 1. The van der Waals surface area contributed by atoms with E-state index in [1.807, 2.05) is 0 Å². The Bertz CT molecular complexity index is 1150. The predicted octanol–water partition coefficient (Wildman–Crippen LogP) is 5.76. The molecule has 1 unspecified atom stereocenters. The Morgan fingerprint density at radius 3 is 2.43 bits per heavy atom. The molecule has 30 heavy (non-hydrogen) atoms. The van der Waals surface area contributed by atoms with Crippen LogP contribution in [0.1, 0.15) is 27.9 Å². The van der Waals surface area contributed by atoms with E-state index in [1.54, 1.807) is 66.7 Å². The zero-order chi connectivity index (χ0) is 21.5. The van der Waals surface area contributed by atoms with Gasteiger partial charge in [-0.05, 0) is 35.9 Å². The quantitative estimate of drug-likeness (QED) is 0.449. The molecule has 4 rings (SSSR count). The second kappa shape index (κ2) is 8.16. The topological polar surface area (TPSA) is 57.6 Å². The average molecular weight is 505 g/mol. The molecule has 3 aromatic rings. The minimum absolute atomic E-state index is 0.153. The molecule has 7 heteroatoms. The largest absolute Gasteiger partial charge is 0.375 e. The van der Waals surface area contributed by atoms with Gasteiger partial charge in [0.25, 0.3) is 5.91 Å². The number of ketones is 1. The first-order chi connectivity index (χ1) is 14.3. The molecule has 152 valence electrons. The first-order valence-corrected chi connectivity index (χ1v) is 10.7. The van der Waals surface area contributed by atoms with Crippen LogP contribution in [-0.2, 0) is 16.9 Å². The Morgan fingerprint density at radius 1 is 1.03 bits per heavy atom. The van der Waals surface area contributed by atoms with Crippen molar-refractivity contribution in [2.45, 2.75) is 18.6 Å². The molecule has 0 aromatic heterocycles. The smallest absolute Gasteiger partial charge is 0.264 e. The first-order valence-electron chi connectivity index (χ1n) is 9.16. The summed E-state index contributed by atoms with van der Waals surface area (Å²) in [5, 5.41) is 12.3. The summed E-state index contributed by atoms with van der Waals surface area (Å²) >= 11 is 15.6. The Labute approximate surface area is 192 Å². The maximum absolute atomic E-state index is 13.3. The second-order valence-corrected chi connectivity index (χ2v) is 8.87. The molecule has 1 amide bonds. The summed E-state index contributed by atoms with van der Waals surface area (Å²) in [4.78, 5) is 27.6. The first kappa shape index (κ1) is 21.1. The van der Waals surface area contributed by atoms with Crippen LogP contribution in [0, 0.1) is 0 Å². The van der Waals surface area contributed by atoms with Gasteiger partial charge in [0, 0.05) is 25.6 Å². The minimum Gasteiger partial charge on any atom is -0.375 e. The van der Waals surface area contributed by atoms with Crippen LogP contribution in [-0.4, -0.2) is 16.8 Å². The van der Waals surface area contributed by atoms with Gasteiger partial charge in [-0.25, -0.2) is 0 Å². The molecule has 0 spiro atoms. The Hall–Kier alpha value is -2.18. The van der Waals surface area contributed by atoms with E-state index in [0.29, 0.717) is 32.4 Å². The molecule has 4 nitrogen and oxygen atoms in total. The number of nitrogens with zero attached hydrogens (tertiary/aromatic N) is 1. The molecule has 3 aromatic carbocycles. The molecule has 0 radical (unpaired) electrons. The molecule has 0 aliphatic carbocycles. The van der Waals surface area contributed by atoms with Crippen molar-refractivity contribution in [3.63, 3.8) is 0 Å². The zero-order valence-corrected chi connectivity index (χ0v) is 18.7. The fourth-order valence-electron chi connectivity index (χ4n) is 3.62. The van der Waals surface area contributed by atoms with Crippen molar-refractivity contribution in [2.75, 3.05) is 4.90 Å². The highest BCUT2D eigenvalue weighted by Crippen LogP contribution is 2.44. The van der Waals surface area contributed by atoms with Crippen molar-refractivity contribution in [2.24, 2.45) is 0 Å². The van der Waals surface area contributed by atoms with Crippen LogP contribution in [0.4, 0.5) is 5.69 Å². The summed E-state index contributed by atoms with van der Waals surface area (Å²) < 4.78 is 0.839. The number of para-hydroxylation sites is 1. The van der Waals surface area contributed by atoms with E-state index >= 15 is 0 Å².